The third kappa shape index (κ3) is 3.24. The average Bonchev–Trinajstić information content (AvgIpc) is 3.06. The van der Waals surface area contributed by atoms with Crippen LogP contribution in [0.1, 0.15) is 35.8 Å². The summed E-state index contributed by atoms with van der Waals surface area (Å²) in [6, 6.07) is 8.73. The predicted molar refractivity (Wildman–Crippen MR) is 105 cm³/mol. The van der Waals surface area contributed by atoms with E-state index in [0.29, 0.717) is 35.4 Å². The van der Waals surface area contributed by atoms with E-state index in [1.165, 1.54) is 6.07 Å². The highest BCUT2D eigenvalue weighted by Gasteiger charge is 2.23. The van der Waals surface area contributed by atoms with Crippen molar-refractivity contribution in [2.24, 2.45) is 13.0 Å². The molecule has 2 N–H and O–H groups in total. The fraction of sp³-hybridized carbons (Fsp3) is 0.333. The minimum atomic E-state index is -0.255. The highest BCUT2D eigenvalue weighted by atomic mass is 16.6. The second-order valence-corrected chi connectivity index (χ2v) is 7.30. The average molecular weight is 381 g/mol. The highest BCUT2D eigenvalue weighted by molar-refractivity contribution is 6.00. The number of hydrogen-bond donors (Lipinski definition) is 2. The lowest BCUT2D eigenvalue weighted by molar-refractivity contribution is 0.0925. The van der Waals surface area contributed by atoms with E-state index in [4.69, 9.17) is 9.47 Å². The van der Waals surface area contributed by atoms with E-state index in [9.17, 15) is 9.90 Å². The van der Waals surface area contributed by atoms with Crippen LogP contribution in [-0.2, 0) is 7.05 Å². The van der Waals surface area contributed by atoms with Crippen LogP contribution in [-0.4, -0.2) is 34.0 Å². The Balaban J connectivity index is 1.62. The normalized spacial score (nSPS) is 14.3. The Bertz CT molecular complexity index is 1040. The fourth-order valence-electron chi connectivity index (χ4n) is 3.54. The maximum absolute atomic E-state index is 12.9. The zero-order chi connectivity index (χ0) is 19.8. The lowest BCUT2D eigenvalue weighted by atomic mass is 9.95. The number of ether oxygens (including phenoxy) is 2. The lowest BCUT2D eigenvalue weighted by Crippen LogP contribution is -2.32. The van der Waals surface area contributed by atoms with E-state index in [0.717, 1.165) is 11.3 Å². The van der Waals surface area contributed by atoms with Crippen LogP contribution in [0, 0.1) is 5.92 Å². The largest absolute Gasteiger partial charge is 0.506 e. The van der Waals surface area contributed by atoms with Gasteiger partial charge in [-0.05, 0) is 35.7 Å². The number of nitrogens with one attached hydrogen (secondary N) is 1. The van der Waals surface area contributed by atoms with Gasteiger partial charge in [-0.2, -0.15) is 5.10 Å². The van der Waals surface area contributed by atoms with Gasteiger partial charge in [-0.25, -0.2) is 0 Å². The summed E-state index contributed by atoms with van der Waals surface area (Å²) in [7, 11) is 1.75. The van der Waals surface area contributed by atoms with Crippen LogP contribution in [0.15, 0.2) is 36.5 Å². The molecule has 0 radical (unpaired) electrons. The quantitative estimate of drug-likeness (QED) is 0.725. The molecule has 2 heterocycles. The molecule has 1 unspecified atom stereocenters. The van der Waals surface area contributed by atoms with Gasteiger partial charge < -0.3 is 19.9 Å². The van der Waals surface area contributed by atoms with Gasteiger partial charge in [-0.15, -0.1) is 0 Å². The fourth-order valence-corrected chi connectivity index (χ4v) is 3.54. The second kappa shape index (κ2) is 7.07. The van der Waals surface area contributed by atoms with E-state index < -0.39 is 0 Å². The van der Waals surface area contributed by atoms with Crippen molar-refractivity contribution < 1.29 is 19.4 Å². The smallest absolute Gasteiger partial charge is 0.251 e. The van der Waals surface area contributed by atoms with E-state index >= 15 is 0 Å². The summed E-state index contributed by atoms with van der Waals surface area (Å²) >= 11 is 0. The summed E-state index contributed by atoms with van der Waals surface area (Å²) in [6.45, 7) is 5.14. The van der Waals surface area contributed by atoms with Crippen LogP contribution in [0.25, 0.3) is 10.9 Å². The Morgan fingerprint density at radius 2 is 1.93 bits per heavy atom. The van der Waals surface area contributed by atoms with Gasteiger partial charge in [-0.3, -0.25) is 9.48 Å². The molecule has 0 spiro atoms. The minimum Gasteiger partial charge on any atom is -0.506 e. The molecular weight excluding hydrogens is 358 g/mol. The number of hydrogen-bond acceptors (Lipinski definition) is 5. The minimum absolute atomic E-state index is 0.0306. The van der Waals surface area contributed by atoms with Crippen LogP contribution in [0.4, 0.5) is 0 Å². The van der Waals surface area contributed by atoms with Crippen molar-refractivity contribution in [2.45, 2.75) is 19.9 Å². The van der Waals surface area contributed by atoms with Crippen molar-refractivity contribution in [2.75, 3.05) is 13.2 Å². The molecule has 28 heavy (non-hydrogen) atoms. The van der Waals surface area contributed by atoms with Crippen molar-refractivity contribution in [3.63, 3.8) is 0 Å². The van der Waals surface area contributed by atoms with Gasteiger partial charge >= 0.3 is 0 Å². The van der Waals surface area contributed by atoms with Gasteiger partial charge in [0.25, 0.3) is 5.91 Å². The van der Waals surface area contributed by atoms with Crippen LogP contribution >= 0.6 is 0 Å². The van der Waals surface area contributed by atoms with Crippen LogP contribution < -0.4 is 14.8 Å². The summed E-state index contributed by atoms with van der Waals surface area (Å²) in [5.74, 6) is 1.34. The summed E-state index contributed by atoms with van der Waals surface area (Å²) < 4.78 is 12.8. The highest BCUT2D eigenvalue weighted by Crippen LogP contribution is 2.34. The number of benzene rings is 2. The molecule has 0 saturated heterocycles. The zero-order valence-electron chi connectivity index (χ0n) is 16.1. The molecular formula is C21H23N3O4. The van der Waals surface area contributed by atoms with Gasteiger partial charge in [0.2, 0.25) is 0 Å². The number of aromatic nitrogens is 2. The number of carbonyl (C=O) groups is 1. The first-order chi connectivity index (χ1) is 13.4. The first-order valence-electron chi connectivity index (χ1n) is 9.29. The number of carbonyl (C=O) groups excluding carboxylic acids is 1. The molecule has 1 aliphatic heterocycles. The van der Waals surface area contributed by atoms with Crippen molar-refractivity contribution >= 4 is 16.8 Å². The SMILES string of the molecule is CC(C)C(NC(=O)c1cc(O)c2c(cnn2C)c1)c1ccc2c(c1)OCCO2. The molecule has 7 heteroatoms. The predicted octanol–water partition coefficient (Wildman–Crippen LogP) is 3.18. The van der Waals surface area contributed by atoms with Gasteiger partial charge in [0.1, 0.15) is 24.5 Å². The first kappa shape index (κ1) is 18.2. The Morgan fingerprint density at radius 1 is 1.18 bits per heavy atom. The van der Waals surface area contributed by atoms with Crippen LogP contribution in [0.3, 0.4) is 0 Å². The molecule has 1 atom stereocenters. The van der Waals surface area contributed by atoms with Gasteiger partial charge in [0, 0.05) is 18.0 Å². The number of nitrogens with zero attached hydrogens (tertiary/aromatic N) is 2. The van der Waals surface area contributed by atoms with Crippen molar-refractivity contribution in [3.8, 4) is 17.2 Å². The summed E-state index contributed by atoms with van der Waals surface area (Å²) in [5, 5.41) is 18.2. The molecule has 1 aliphatic rings. The summed E-state index contributed by atoms with van der Waals surface area (Å²) in [4.78, 5) is 12.9. The molecule has 4 rings (SSSR count). The van der Waals surface area contributed by atoms with E-state index in [1.54, 1.807) is 24.0 Å². The third-order valence-electron chi connectivity index (χ3n) is 4.95. The molecule has 1 aromatic heterocycles. The Hall–Kier alpha value is -3.22. The Kier molecular flexibility index (Phi) is 4.58. The molecule has 1 amide bonds. The molecule has 146 valence electrons. The third-order valence-corrected chi connectivity index (χ3v) is 4.95. The maximum Gasteiger partial charge on any atom is 0.251 e. The van der Waals surface area contributed by atoms with Crippen LogP contribution in [0.5, 0.6) is 17.2 Å². The molecule has 0 saturated carbocycles. The Morgan fingerprint density at radius 3 is 2.68 bits per heavy atom. The second-order valence-electron chi connectivity index (χ2n) is 7.30. The topological polar surface area (TPSA) is 85.6 Å². The molecule has 3 aromatic rings. The molecule has 0 fully saturated rings. The molecule has 2 aromatic carbocycles. The van der Waals surface area contributed by atoms with E-state index in [-0.39, 0.29) is 23.6 Å². The molecule has 7 nitrogen and oxygen atoms in total. The van der Waals surface area contributed by atoms with Crippen molar-refractivity contribution in [3.05, 3.63) is 47.7 Å². The number of aromatic hydroxyl groups is 1. The number of rotatable bonds is 4. The van der Waals surface area contributed by atoms with E-state index in [2.05, 4.69) is 10.4 Å². The standard InChI is InChI=1S/C21H23N3O4/c1-12(2)19(13-4-5-17-18(10-13)28-7-6-27-17)23-21(26)14-8-15-11-22-24(3)20(15)16(25)9-14/h4-5,8-12,19,25H,6-7H2,1-3H3,(H,23,26). The monoisotopic (exact) mass is 381 g/mol. The van der Waals surface area contributed by atoms with Crippen molar-refractivity contribution in [1.29, 1.82) is 0 Å². The zero-order valence-corrected chi connectivity index (χ0v) is 16.1. The number of amides is 1. The van der Waals surface area contributed by atoms with E-state index in [1.807, 2.05) is 32.0 Å². The number of fused-ring (bicyclic) bond motifs is 2. The number of phenolic OH excluding ortho intramolecular Hbond substituents is 1. The van der Waals surface area contributed by atoms with Gasteiger partial charge in [-0.1, -0.05) is 19.9 Å². The summed E-state index contributed by atoms with van der Waals surface area (Å²) in [5.41, 5.74) is 1.93. The lowest BCUT2D eigenvalue weighted by Gasteiger charge is -2.25. The maximum atomic E-state index is 12.9. The molecule has 0 bridgehead atoms. The van der Waals surface area contributed by atoms with Gasteiger partial charge in [0.05, 0.1) is 12.2 Å². The first-order valence-corrected chi connectivity index (χ1v) is 9.29. The number of aryl methyl sites for hydroxylation is 1. The van der Waals surface area contributed by atoms with Crippen LogP contribution in [0.2, 0.25) is 0 Å². The molecule has 0 aliphatic carbocycles. The Labute approximate surface area is 162 Å². The summed E-state index contributed by atoms with van der Waals surface area (Å²) in [6.07, 6.45) is 1.63. The number of phenols is 1. The van der Waals surface area contributed by atoms with Crippen molar-refractivity contribution in [1.82, 2.24) is 15.1 Å². The van der Waals surface area contributed by atoms with Gasteiger partial charge in [0.15, 0.2) is 11.5 Å².